The summed E-state index contributed by atoms with van der Waals surface area (Å²) in [7, 11) is 3.16. The lowest BCUT2D eigenvalue weighted by atomic mass is 10.2. The predicted octanol–water partition coefficient (Wildman–Crippen LogP) is 3.35. The lowest BCUT2D eigenvalue weighted by molar-refractivity contribution is -0.107. The van der Waals surface area contributed by atoms with Crippen molar-refractivity contribution in [3.63, 3.8) is 0 Å². The third kappa shape index (κ3) is 5.09. The number of rotatable bonds is 9. The molecule has 3 aromatic rings. The van der Waals surface area contributed by atoms with Crippen molar-refractivity contribution in [1.29, 1.82) is 0 Å². The standard InChI is InChI=1S/C22H23Cl2N5O3/c1-27(10-5-11-30)22(32)19-21(28(2)14-31)26-20(17-6-3-4-7-18(17)24)29(19)13-16-9-8-15(23)12-25-16/h3-4,6-9,12,14,30H,5,10-11,13H2,1-2H3. The van der Waals surface area contributed by atoms with Gasteiger partial charge in [-0.25, -0.2) is 4.98 Å². The average Bonchev–Trinajstić information content (AvgIpc) is 3.16. The van der Waals surface area contributed by atoms with E-state index in [0.29, 0.717) is 46.5 Å². The third-order valence-corrected chi connectivity index (χ3v) is 5.42. The largest absolute Gasteiger partial charge is 0.396 e. The van der Waals surface area contributed by atoms with Crippen LogP contribution in [0, 0.1) is 0 Å². The van der Waals surface area contributed by atoms with Crippen molar-refractivity contribution in [2.75, 3.05) is 32.1 Å². The molecule has 8 nitrogen and oxygen atoms in total. The number of aromatic nitrogens is 3. The van der Waals surface area contributed by atoms with E-state index in [4.69, 9.17) is 28.3 Å². The van der Waals surface area contributed by atoms with Gasteiger partial charge in [-0.2, -0.15) is 0 Å². The minimum absolute atomic E-state index is 0.0441. The van der Waals surface area contributed by atoms with Crippen LogP contribution < -0.4 is 4.90 Å². The van der Waals surface area contributed by atoms with Crippen molar-refractivity contribution in [3.05, 3.63) is 64.0 Å². The zero-order chi connectivity index (χ0) is 23.3. The molecular weight excluding hydrogens is 453 g/mol. The van der Waals surface area contributed by atoms with Gasteiger partial charge in [0.25, 0.3) is 5.91 Å². The maximum atomic E-state index is 13.5. The quantitative estimate of drug-likeness (QED) is 0.479. The van der Waals surface area contributed by atoms with Crippen LogP contribution in [0.4, 0.5) is 5.82 Å². The van der Waals surface area contributed by atoms with Gasteiger partial charge >= 0.3 is 0 Å². The van der Waals surface area contributed by atoms with Gasteiger partial charge in [-0.05, 0) is 30.7 Å². The highest BCUT2D eigenvalue weighted by Gasteiger charge is 2.29. The molecule has 0 bridgehead atoms. The summed E-state index contributed by atoms with van der Waals surface area (Å²) in [6, 6.07) is 10.6. The molecule has 0 spiro atoms. The Morgan fingerprint density at radius 1 is 1.19 bits per heavy atom. The fourth-order valence-electron chi connectivity index (χ4n) is 3.20. The Hall–Kier alpha value is -2.94. The van der Waals surface area contributed by atoms with E-state index in [9.17, 15) is 9.59 Å². The van der Waals surface area contributed by atoms with Gasteiger partial charge in [0, 0.05) is 39.0 Å². The molecule has 0 radical (unpaired) electrons. The molecule has 0 aliphatic heterocycles. The number of pyridine rings is 1. The van der Waals surface area contributed by atoms with E-state index in [-0.39, 0.29) is 30.6 Å². The molecule has 0 aliphatic carbocycles. The van der Waals surface area contributed by atoms with Crippen LogP contribution in [0.3, 0.4) is 0 Å². The van der Waals surface area contributed by atoms with Crippen molar-refractivity contribution >= 4 is 41.3 Å². The van der Waals surface area contributed by atoms with Crippen molar-refractivity contribution < 1.29 is 14.7 Å². The number of carbonyl (C=O) groups excluding carboxylic acids is 2. The number of hydrogen-bond acceptors (Lipinski definition) is 5. The molecular formula is C22H23Cl2N5O3. The minimum atomic E-state index is -0.345. The van der Waals surface area contributed by atoms with Crippen molar-refractivity contribution in [3.8, 4) is 11.4 Å². The summed E-state index contributed by atoms with van der Waals surface area (Å²) in [5.74, 6) is 0.279. The highest BCUT2D eigenvalue weighted by Crippen LogP contribution is 2.33. The number of aliphatic hydroxyl groups is 1. The zero-order valence-electron chi connectivity index (χ0n) is 17.7. The van der Waals surface area contributed by atoms with Crippen LogP contribution in [0.2, 0.25) is 10.0 Å². The fourth-order valence-corrected chi connectivity index (χ4v) is 3.53. The first kappa shape index (κ1) is 23.7. The van der Waals surface area contributed by atoms with Crippen LogP contribution in [0.15, 0.2) is 42.6 Å². The summed E-state index contributed by atoms with van der Waals surface area (Å²) in [6.45, 7) is 0.495. The average molecular weight is 476 g/mol. The van der Waals surface area contributed by atoms with Crippen LogP contribution in [0.5, 0.6) is 0 Å². The Labute approximate surface area is 196 Å². The second-order valence-electron chi connectivity index (χ2n) is 7.16. The SMILES string of the molecule is CN(CCCO)C(=O)c1c(N(C)C=O)nc(-c2ccccc2Cl)n1Cc1ccc(Cl)cn1. The van der Waals surface area contributed by atoms with E-state index in [2.05, 4.69) is 9.97 Å². The van der Waals surface area contributed by atoms with E-state index in [1.54, 1.807) is 41.9 Å². The summed E-state index contributed by atoms with van der Waals surface area (Å²) in [5.41, 5.74) is 1.47. The molecule has 2 amide bonds. The van der Waals surface area contributed by atoms with Gasteiger partial charge in [0.15, 0.2) is 11.5 Å². The number of hydrogen-bond donors (Lipinski definition) is 1. The first-order valence-corrected chi connectivity index (χ1v) is 10.6. The van der Waals surface area contributed by atoms with Crippen molar-refractivity contribution in [2.24, 2.45) is 0 Å². The van der Waals surface area contributed by atoms with Gasteiger partial charge in [0.1, 0.15) is 5.82 Å². The van der Waals surface area contributed by atoms with Gasteiger partial charge in [-0.15, -0.1) is 0 Å². The lowest BCUT2D eigenvalue weighted by Gasteiger charge is -2.20. The molecule has 2 aromatic heterocycles. The van der Waals surface area contributed by atoms with Crippen LogP contribution in [-0.2, 0) is 11.3 Å². The molecule has 2 heterocycles. The van der Waals surface area contributed by atoms with Crippen LogP contribution >= 0.6 is 23.2 Å². The van der Waals surface area contributed by atoms with Crippen LogP contribution in [-0.4, -0.2) is 64.1 Å². The Morgan fingerprint density at radius 3 is 2.56 bits per heavy atom. The predicted molar refractivity (Wildman–Crippen MR) is 124 cm³/mol. The summed E-state index contributed by atoms with van der Waals surface area (Å²) in [4.78, 5) is 36.8. The fraction of sp³-hybridized carbons (Fsp3) is 0.273. The van der Waals surface area contributed by atoms with Gasteiger partial charge in [0.2, 0.25) is 6.41 Å². The van der Waals surface area contributed by atoms with Crippen molar-refractivity contribution in [1.82, 2.24) is 19.4 Å². The summed E-state index contributed by atoms with van der Waals surface area (Å²) in [5, 5.41) is 10.1. The minimum Gasteiger partial charge on any atom is -0.396 e. The molecule has 1 N–H and O–H groups in total. The smallest absolute Gasteiger partial charge is 0.274 e. The number of benzene rings is 1. The third-order valence-electron chi connectivity index (χ3n) is 4.87. The highest BCUT2D eigenvalue weighted by molar-refractivity contribution is 6.33. The number of nitrogens with zero attached hydrogens (tertiary/aromatic N) is 5. The first-order chi connectivity index (χ1) is 15.4. The number of amides is 2. The second kappa shape index (κ2) is 10.6. The van der Waals surface area contributed by atoms with Gasteiger partial charge in [-0.1, -0.05) is 35.3 Å². The molecule has 0 atom stereocenters. The normalized spacial score (nSPS) is 10.8. The van der Waals surface area contributed by atoms with Crippen LogP contribution in [0.25, 0.3) is 11.4 Å². The molecule has 0 saturated carbocycles. The molecule has 0 aliphatic rings. The van der Waals surface area contributed by atoms with Crippen molar-refractivity contribution in [2.45, 2.75) is 13.0 Å². The highest BCUT2D eigenvalue weighted by atomic mass is 35.5. The molecule has 32 heavy (non-hydrogen) atoms. The Morgan fingerprint density at radius 2 is 1.94 bits per heavy atom. The number of aliphatic hydroxyl groups excluding tert-OH is 1. The summed E-state index contributed by atoms with van der Waals surface area (Å²) < 4.78 is 1.70. The number of carbonyl (C=O) groups is 2. The lowest BCUT2D eigenvalue weighted by Crippen LogP contribution is -2.32. The Balaban J connectivity index is 2.23. The zero-order valence-corrected chi connectivity index (χ0v) is 19.2. The van der Waals surface area contributed by atoms with E-state index < -0.39 is 0 Å². The Kier molecular flexibility index (Phi) is 7.84. The molecule has 0 unspecified atom stereocenters. The Bertz CT molecular complexity index is 1100. The molecule has 0 fully saturated rings. The van der Waals surface area contributed by atoms with Gasteiger partial charge < -0.3 is 19.5 Å². The summed E-state index contributed by atoms with van der Waals surface area (Å²) >= 11 is 12.4. The van der Waals surface area contributed by atoms with E-state index in [0.717, 1.165) is 0 Å². The molecule has 0 saturated heterocycles. The molecule has 168 valence electrons. The summed E-state index contributed by atoms with van der Waals surface area (Å²) in [6.07, 6.45) is 2.54. The number of halogens is 2. The number of imidazole rings is 1. The van der Waals surface area contributed by atoms with Gasteiger partial charge in [-0.3, -0.25) is 14.6 Å². The van der Waals surface area contributed by atoms with Crippen LogP contribution in [0.1, 0.15) is 22.6 Å². The first-order valence-electron chi connectivity index (χ1n) is 9.87. The maximum absolute atomic E-state index is 13.5. The maximum Gasteiger partial charge on any atom is 0.274 e. The van der Waals surface area contributed by atoms with E-state index in [1.807, 2.05) is 6.07 Å². The van der Waals surface area contributed by atoms with Gasteiger partial charge in [0.05, 0.1) is 22.3 Å². The van der Waals surface area contributed by atoms with E-state index >= 15 is 0 Å². The molecule has 10 heteroatoms. The molecule has 3 rings (SSSR count). The van der Waals surface area contributed by atoms with E-state index in [1.165, 1.54) is 23.0 Å². The monoisotopic (exact) mass is 475 g/mol. The number of anilines is 1. The second-order valence-corrected chi connectivity index (χ2v) is 8.01. The topological polar surface area (TPSA) is 91.6 Å². The molecule has 1 aromatic carbocycles.